The number of nitrogens with zero attached hydrogens (tertiary/aromatic N) is 3. The van der Waals surface area contributed by atoms with Gasteiger partial charge in [-0.3, -0.25) is 29.3 Å². The molecule has 30 heavy (non-hydrogen) atoms. The van der Waals surface area contributed by atoms with Gasteiger partial charge in [-0.25, -0.2) is 0 Å². The van der Waals surface area contributed by atoms with Gasteiger partial charge >= 0.3 is 0 Å². The van der Waals surface area contributed by atoms with Crippen molar-refractivity contribution in [1.29, 1.82) is 0 Å². The Hall–Kier alpha value is -2.50. The number of amides is 3. The number of aliphatic imine (C=N–C) groups is 1. The summed E-state index contributed by atoms with van der Waals surface area (Å²) in [6.45, 7) is 0.672. The molecule has 160 valence electrons. The zero-order valence-electron chi connectivity index (χ0n) is 16.6. The average Bonchev–Trinajstić information content (AvgIpc) is 3.40. The van der Waals surface area contributed by atoms with Gasteiger partial charge in [0, 0.05) is 26.3 Å². The normalized spacial score (nSPS) is 26.4. The van der Waals surface area contributed by atoms with Crippen LogP contribution in [0.3, 0.4) is 0 Å². The zero-order valence-corrected chi connectivity index (χ0v) is 18.9. The van der Waals surface area contributed by atoms with Crippen LogP contribution in [0.2, 0.25) is 0 Å². The molecule has 4 rings (SSSR count). The number of carbonyl (C=O) groups is 3. The minimum atomic E-state index is -0.235. The molecule has 2 fully saturated rings. The number of rotatable bonds is 6. The summed E-state index contributed by atoms with van der Waals surface area (Å²) in [4.78, 5) is 46.7. The largest absolute Gasteiger partial charge is 0.355 e. The van der Waals surface area contributed by atoms with Crippen LogP contribution in [-0.4, -0.2) is 60.2 Å². The Morgan fingerprint density at radius 1 is 1.20 bits per heavy atom. The van der Waals surface area contributed by atoms with Crippen LogP contribution in [0.15, 0.2) is 41.7 Å². The fourth-order valence-electron chi connectivity index (χ4n) is 4.50. The third-order valence-electron chi connectivity index (χ3n) is 5.77. The molecular weight excluding hydrogens is 499 g/mol. The van der Waals surface area contributed by atoms with Crippen molar-refractivity contribution in [1.82, 2.24) is 20.5 Å². The maximum Gasteiger partial charge on any atom is 0.243 e. The Morgan fingerprint density at radius 3 is 2.50 bits per heavy atom. The predicted octanol–water partition coefficient (Wildman–Crippen LogP) is 0.610. The predicted molar refractivity (Wildman–Crippen MR) is 122 cm³/mol. The molecule has 1 aromatic heterocycles. The van der Waals surface area contributed by atoms with E-state index in [1.54, 1.807) is 31.6 Å². The highest BCUT2D eigenvalue weighted by atomic mass is 127. The molecule has 2 bridgehead atoms. The minimum Gasteiger partial charge on any atom is -0.355 e. The number of allylic oxidation sites excluding steroid dienone is 2. The first-order valence-corrected chi connectivity index (χ1v) is 9.76. The van der Waals surface area contributed by atoms with Gasteiger partial charge in [0.15, 0.2) is 5.96 Å². The van der Waals surface area contributed by atoms with Crippen LogP contribution < -0.4 is 16.0 Å². The van der Waals surface area contributed by atoms with Gasteiger partial charge in [0.1, 0.15) is 0 Å². The summed E-state index contributed by atoms with van der Waals surface area (Å²) >= 11 is 0. The van der Waals surface area contributed by atoms with Crippen molar-refractivity contribution in [2.75, 3.05) is 32.0 Å². The van der Waals surface area contributed by atoms with Crippen LogP contribution >= 0.6 is 24.0 Å². The summed E-state index contributed by atoms with van der Waals surface area (Å²) in [6.07, 6.45) is 8.29. The highest BCUT2D eigenvalue weighted by Crippen LogP contribution is 2.52. The van der Waals surface area contributed by atoms with Crippen LogP contribution in [0.25, 0.3) is 0 Å². The number of hydrogen-bond acceptors (Lipinski definition) is 5. The number of guanidine groups is 1. The van der Waals surface area contributed by atoms with E-state index in [4.69, 9.17) is 0 Å². The first-order valence-electron chi connectivity index (χ1n) is 9.76. The van der Waals surface area contributed by atoms with Crippen LogP contribution in [0, 0.1) is 23.7 Å². The topological polar surface area (TPSA) is 116 Å². The summed E-state index contributed by atoms with van der Waals surface area (Å²) < 4.78 is 0. The van der Waals surface area contributed by atoms with Gasteiger partial charge in [-0.15, -0.1) is 24.0 Å². The Labute approximate surface area is 191 Å². The maximum absolute atomic E-state index is 12.7. The second-order valence-corrected chi connectivity index (χ2v) is 7.47. The number of pyridine rings is 1. The third-order valence-corrected chi connectivity index (χ3v) is 5.77. The Balaban J connectivity index is 0.00000256. The van der Waals surface area contributed by atoms with E-state index in [1.807, 2.05) is 0 Å². The van der Waals surface area contributed by atoms with Gasteiger partial charge in [-0.2, -0.15) is 0 Å². The molecular formula is C20H25IN6O3. The molecule has 1 saturated carbocycles. The van der Waals surface area contributed by atoms with Gasteiger partial charge in [0.25, 0.3) is 0 Å². The summed E-state index contributed by atoms with van der Waals surface area (Å²) in [5.74, 6) is 0.153. The van der Waals surface area contributed by atoms with Crippen LogP contribution in [0.1, 0.15) is 6.42 Å². The van der Waals surface area contributed by atoms with Gasteiger partial charge in [0.2, 0.25) is 17.7 Å². The smallest absolute Gasteiger partial charge is 0.243 e. The Kier molecular flexibility index (Phi) is 7.06. The van der Waals surface area contributed by atoms with Gasteiger partial charge < -0.3 is 16.0 Å². The first-order chi connectivity index (χ1) is 14.1. The second kappa shape index (κ2) is 9.54. The lowest BCUT2D eigenvalue weighted by atomic mass is 9.85. The summed E-state index contributed by atoms with van der Waals surface area (Å²) in [6, 6.07) is 3.49. The van der Waals surface area contributed by atoms with E-state index in [9.17, 15) is 14.4 Å². The fourth-order valence-corrected chi connectivity index (χ4v) is 4.50. The molecule has 1 aromatic rings. The fraction of sp³-hybridized carbons (Fsp3) is 0.450. The highest BCUT2D eigenvalue weighted by molar-refractivity contribution is 14.0. The number of likely N-dealkylation sites (tertiary alicyclic amines) is 1. The second-order valence-electron chi connectivity index (χ2n) is 7.47. The average molecular weight is 524 g/mol. The van der Waals surface area contributed by atoms with Gasteiger partial charge in [-0.05, 0) is 30.4 Å². The first kappa shape index (κ1) is 22.2. The number of imide groups is 1. The number of fused-ring (bicyclic) bond motifs is 5. The number of anilines is 1. The van der Waals surface area contributed by atoms with Crippen molar-refractivity contribution >= 4 is 53.3 Å². The molecule has 0 radical (unpaired) electrons. The number of hydrogen-bond donors (Lipinski definition) is 3. The highest BCUT2D eigenvalue weighted by Gasteiger charge is 2.58. The standard InChI is InChI=1S/C20H24N6O3.HI/c1-21-20(24-11-15(27)25-14-3-2-6-22-10-14)23-7-8-26-18(28)16-12-4-5-13(9-12)17(16)19(26)29;/h2-6,10,12-13,16-17H,7-9,11H2,1H3,(H,25,27)(H2,21,23,24);1H. The number of halogens is 1. The Morgan fingerprint density at radius 2 is 1.90 bits per heavy atom. The quantitative estimate of drug-likeness (QED) is 0.165. The van der Waals surface area contributed by atoms with Crippen molar-refractivity contribution in [2.45, 2.75) is 6.42 Å². The van der Waals surface area contributed by atoms with E-state index in [0.29, 0.717) is 18.2 Å². The van der Waals surface area contributed by atoms with Crippen molar-refractivity contribution in [3.8, 4) is 0 Å². The van der Waals surface area contributed by atoms with Crippen molar-refractivity contribution in [3.63, 3.8) is 0 Å². The van der Waals surface area contributed by atoms with Crippen LogP contribution in [0.5, 0.6) is 0 Å². The molecule has 1 saturated heterocycles. The van der Waals surface area contributed by atoms with Crippen LogP contribution in [0.4, 0.5) is 5.69 Å². The minimum absolute atomic E-state index is 0. The zero-order chi connectivity index (χ0) is 20.4. The van der Waals surface area contributed by atoms with E-state index >= 15 is 0 Å². The SMILES string of the molecule is CN=C(NCCN1C(=O)C2C3C=CC(C3)C2C1=O)NCC(=O)Nc1cccnc1.I. The molecule has 3 aliphatic rings. The lowest BCUT2D eigenvalue weighted by molar-refractivity contribution is -0.140. The van der Waals surface area contributed by atoms with Gasteiger partial charge in [-0.1, -0.05) is 12.2 Å². The molecule has 3 N–H and O–H groups in total. The maximum atomic E-state index is 12.7. The van der Waals surface area contributed by atoms with Crippen molar-refractivity contribution in [3.05, 3.63) is 36.7 Å². The summed E-state index contributed by atoms with van der Waals surface area (Å²) in [5.41, 5.74) is 0.613. The molecule has 10 heteroatoms. The molecule has 4 unspecified atom stereocenters. The number of carbonyl (C=O) groups excluding carboxylic acids is 3. The van der Waals surface area contributed by atoms with Crippen LogP contribution in [-0.2, 0) is 14.4 Å². The van der Waals surface area contributed by atoms with E-state index < -0.39 is 0 Å². The van der Waals surface area contributed by atoms with Crippen molar-refractivity contribution < 1.29 is 14.4 Å². The van der Waals surface area contributed by atoms with E-state index in [0.717, 1.165) is 6.42 Å². The summed E-state index contributed by atoms with van der Waals surface area (Å²) in [7, 11) is 1.59. The Bertz CT molecular complexity index is 845. The monoisotopic (exact) mass is 524 g/mol. The number of aromatic nitrogens is 1. The van der Waals surface area contributed by atoms with Gasteiger partial charge in [0.05, 0.1) is 30.3 Å². The molecule has 2 heterocycles. The third kappa shape index (κ3) is 4.32. The van der Waals surface area contributed by atoms with E-state index in [2.05, 4.69) is 38.1 Å². The molecule has 2 aliphatic carbocycles. The van der Waals surface area contributed by atoms with E-state index in [1.165, 1.54) is 4.90 Å². The van der Waals surface area contributed by atoms with E-state index in [-0.39, 0.29) is 78.5 Å². The van der Waals surface area contributed by atoms with Crippen molar-refractivity contribution in [2.24, 2.45) is 28.7 Å². The molecule has 0 spiro atoms. The summed E-state index contributed by atoms with van der Waals surface area (Å²) in [5, 5.41) is 8.67. The lowest BCUT2D eigenvalue weighted by Crippen LogP contribution is -2.45. The molecule has 3 amide bonds. The molecule has 4 atom stereocenters. The molecule has 0 aromatic carbocycles. The molecule has 9 nitrogen and oxygen atoms in total. The lowest BCUT2D eigenvalue weighted by Gasteiger charge is -2.18. The molecule has 1 aliphatic heterocycles. The number of nitrogens with one attached hydrogen (secondary N) is 3.